The average Bonchev–Trinajstić information content (AvgIpc) is 2.78. The number of carbonyl (C=O) groups excluding carboxylic acids is 1. The van der Waals surface area contributed by atoms with Crippen LogP contribution in [0.2, 0.25) is 0 Å². The van der Waals surface area contributed by atoms with Crippen LogP contribution < -0.4 is 5.32 Å². The Balaban J connectivity index is 2.71. The van der Waals surface area contributed by atoms with Crippen LogP contribution in [-0.2, 0) is 23.7 Å². The Labute approximate surface area is 124 Å². The Kier molecular flexibility index (Phi) is 6.80. The summed E-state index contributed by atoms with van der Waals surface area (Å²) in [5.74, 6) is -0.376. The summed E-state index contributed by atoms with van der Waals surface area (Å²) in [6, 6.07) is 0. The molecule has 21 heavy (non-hydrogen) atoms. The molecule has 0 aromatic carbocycles. The van der Waals surface area contributed by atoms with Crippen LogP contribution in [0.3, 0.4) is 0 Å². The Bertz CT molecular complexity index is 495. The first kappa shape index (κ1) is 18.6. The van der Waals surface area contributed by atoms with Gasteiger partial charge in [0.25, 0.3) is 0 Å². The molecule has 1 atom stereocenters. The van der Waals surface area contributed by atoms with Crippen molar-refractivity contribution in [1.82, 2.24) is 5.32 Å². The second kappa shape index (κ2) is 7.69. The monoisotopic (exact) mass is 343 g/mol. The van der Waals surface area contributed by atoms with E-state index in [0.29, 0.717) is 0 Å². The Hall–Kier alpha value is -0.470. The molecule has 0 heterocycles. The van der Waals surface area contributed by atoms with Gasteiger partial charge in [-0.2, -0.15) is 0 Å². The summed E-state index contributed by atoms with van der Waals surface area (Å²) in [6.07, 6.45) is 3.67. The number of rotatable bonds is 8. The van der Waals surface area contributed by atoms with Crippen LogP contribution in [0.5, 0.6) is 0 Å². The molecule has 0 radical (unpaired) electrons. The summed E-state index contributed by atoms with van der Waals surface area (Å²) < 4.78 is 39.7. The number of phosphoric ester groups is 1. The van der Waals surface area contributed by atoms with Gasteiger partial charge < -0.3 is 15.1 Å². The topological polar surface area (TPSA) is 130 Å². The van der Waals surface area contributed by atoms with Crippen molar-refractivity contribution in [2.75, 3.05) is 18.9 Å². The van der Waals surface area contributed by atoms with Crippen LogP contribution in [0.15, 0.2) is 0 Å². The fourth-order valence-electron chi connectivity index (χ4n) is 2.37. The lowest BCUT2D eigenvalue weighted by Gasteiger charge is -2.20. The van der Waals surface area contributed by atoms with Gasteiger partial charge in [0.15, 0.2) is 9.84 Å². The van der Waals surface area contributed by atoms with Gasteiger partial charge in [0.05, 0.1) is 12.4 Å². The number of hydrogen-bond acceptors (Lipinski definition) is 5. The zero-order valence-electron chi connectivity index (χ0n) is 11.9. The van der Waals surface area contributed by atoms with Crippen molar-refractivity contribution in [1.29, 1.82) is 0 Å². The van der Waals surface area contributed by atoms with E-state index in [2.05, 4.69) is 9.84 Å². The molecule has 0 aromatic rings. The maximum Gasteiger partial charge on any atom is 0.469 e. The van der Waals surface area contributed by atoms with E-state index in [1.807, 2.05) is 0 Å². The second-order valence-electron chi connectivity index (χ2n) is 5.33. The minimum absolute atomic E-state index is 0.0399. The number of hydrogen-bond donors (Lipinski definition) is 3. The van der Waals surface area contributed by atoms with Crippen LogP contribution in [-0.4, -0.2) is 48.3 Å². The third-order valence-electron chi connectivity index (χ3n) is 3.46. The maximum absolute atomic E-state index is 12.3. The molecule has 3 N–H and O–H groups in total. The highest BCUT2D eigenvalue weighted by molar-refractivity contribution is 7.92. The molecule has 1 amide bonds. The van der Waals surface area contributed by atoms with Crippen molar-refractivity contribution in [3.63, 3.8) is 0 Å². The van der Waals surface area contributed by atoms with E-state index in [1.165, 1.54) is 6.92 Å². The van der Waals surface area contributed by atoms with E-state index < -0.39 is 35.4 Å². The standard InChI is InChI=1S/C11H22NO7PS/c1-9(13)12-6-11(7-19-20(14,15)16)21(17,18)8-10-4-2-3-5-10/h10-11H,2-8H2,1H3,(H,12,13)(H2,14,15,16). The first-order valence-electron chi connectivity index (χ1n) is 6.76. The average molecular weight is 343 g/mol. The van der Waals surface area contributed by atoms with Gasteiger partial charge in [0.1, 0.15) is 5.25 Å². The molecule has 0 saturated heterocycles. The molecule has 1 unspecified atom stereocenters. The van der Waals surface area contributed by atoms with Crippen LogP contribution in [0.25, 0.3) is 0 Å². The molecule has 0 spiro atoms. The molecule has 0 aromatic heterocycles. The van der Waals surface area contributed by atoms with Crippen molar-refractivity contribution < 1.29 is 32.1 Å². The van der Waals surface area contributed by atoms with Gasteiger partial charge in [-0.25, -0.2) is 13.0 Å². The van der Waals surface area contributed by atoms with Crippen molar-refractivity contribution in [3.05, 3.63) is 0 Å². The molecule has 8 nitrogen and oxygen atoms in total. The number of phosphoric acid groups is 1. The zero-order valence-corrected chi connectivity index (χ0v) is 13.6. The Morgan fingerprint density at radius 3 is 2.43 bits per heavy atom. The molecule has 0 aliphatic heterocycles. The summed E-state index contributed by atoms with van der Waals surface area (Å²) >= 11 is 0. The molecule has 0 bridgehead atoms. The lowest BCUT2D eigenvalue weighted by atomic mass is 10.1. The van der Waals surface area contributed by atoms with Crippen LogP contribution in [0.4, 0.5) is 0 Å². The van der Waals surface area contributed by atoms with E-state index in [1.54, 1.807) is 0 Å². The quantitative estimate of drug-likeness (QED) is 0.537. The van der Waals surface area contributed by atoms with Gasteiger partial charge in [-0.05, 0) is 18.8 Å². The summed E-state index contributed by atoms with van der Waals surface area (Å²) in [7, 11) is -8.36. The van der Waals surface area contributed by atoms with Crippen LogP contribution in [0, 0.1) is 5.92 Å². The fourth-order valence-corrected chi connectivity index (χ4v) is 4.72. The molecule has 1 saturated carbocycles. The summed E-state index contributed by atoms with van der Waals surface area (Å²) in [4.78, 5) is 28.3. The van der Waals surface area contributed by atoms with Crippen molar-refractivity contribution in [3.8, 4) is 0 Å². The first-order chi connectivity index (χ1) is 9.60. The van der Waals surface area contributed by atoms with Gasteiger partial charge in [-0.15, -0.1) is 0 Å². The van der Waals surface area contributed by atoms with Crippen LogP contribution >= 0.6 is 7.82 Å². The molecule has 124 valence electrons. The smallest absolute Gasteiger partial charge is 0.355 e. The lowest BCUT2D eigenvalue weighted by molar-refractivity contribution is -0.118. The largest absolute Gasteiger partial charge is 0.469 e. The van der Waals surface area contributed by atoms with E-state index in [-0.39, 0.29) is 18.2 Å². The number of nitrogens with one attached hydrogen (secondary N) is 1. The highest BCUT2D eigenvalue weighted by Gasteiger charge is 2.32. The first-order valence-corrected chi connectivity index (χ1v) is 10.0. The second-order valence-corrected chi connectivity index (χ2v) is 8.89. The van der Waals surface area contributed by atoms with Crippen molar-refractivity contribution in [2.24, 2.45) is 5.92 Å². The van der Waals surface area contributed by atoms with Gasteiger partial charge >= 0.3 is 7.82 Å². The molecule has 1 rings (SSSR count). The predicted molar refractivity (Wildman–Crippen MR) is 76.2 cm³/mol. The van der Waals surface area contributed by atoms with Gasteiger partial charge in [0, 0.05) is 13.5 Å². The predicted octanol–water partition coefficient (Wildman–Crippen LogP) is 0.205. The number of sulfone groups is 1. The molecule has 10 heteroatoms. The minimum Gasteiger partial charge on any atom is -0.355 e. The zero-order chi connectivity index (χ0) is 16.1. The number of amides is 1. The highest BCUT2D eigenvalue weighted by Crippen LogP contribution is 2.36. The summed E-state index contributed by atoms with van der Waals surface area (Å²) in [6.45, 7) is 0.383. The SMILES string of the molecule is CC(=O)NCC(COP(=O)(O)O)S(=O)(=O)CC1CCCC1. The Morgan fingerprint density at radius 1 is 1.38 bits per heavy atom. The van der Waals surface area contributed by atoms with Gasteiger partial charge in [-0.1, -0.05) is 12.8 Å². The molecule has 1 aliphatic rings. The number of carbonyl (C=O) groups is 1. The maximum atomic E-state index is 12.3. The lowest BCUT2D eigenvalue weighted by Crippen LogP contribution is -2.40. The molecule has 1 fully saturated rings. The van der Waals surface area contributed by atoms with Crippen molar-refractivity contribution >= 4 is 23.6 Å². The Morgan fingerprint density at radius 2 is 1.95 bits per heavy atom. The van der Waals surface area contributed by atoms with Gasteiger partial charge in [0.2, 0.25) is 5.91 Å². The minimum atomic E-state index is -4.75. The molecule has 1 aliphatic carbocycles. The van der Waals surface area contributed by atoms with E-state index in [0.717, 1.165) is 25.7 Å². The van der Waals surface area contributed by atoms with Gasteiger partial charge in [-0.3, -0.25) is 9.32 Å². The fraction of sp³-hybridized carbons (Fsp3) is 0.909. The molecular formula is C11H22NO7PS. The van der Waals surface area contributed by atoms with Crippen molar-refractivity contribution in [2.45, 2.75) is 37.9 Å². The summed E-state index contributed by atoms with van der Waals surface area (Å²) in [5.41, 5.74) is 0. The highest BCUT2D eigenvalue weighted by atomic mass is 32.2. The third kappa shape index (κ3) is 7.37. The van der Waals surface area contributed by atoms with E-state index >= 15 is 0 Å². The molecular weight excluding hydrogens is 321 g/mol. The van der Waals surface area contributed by atoms with E-state index in [9.17, 15) is 17.8 Å². The van der Waals surface area contributed by atoms with E-state index in [4.69, 9.17) is 9.79 Å². The third-order valence-corrected chi connectivity index (χ3v) is 6.20. The van der Waals surface area contributed by atoms with Crippen LogP contribution in [0.1, 0.15) is 32.6 Å². The summed E-state index contributed by atoms with van der Waals surface area (Å²) in [5, 5.41) is 1.20. The normalized spacial score (nSPS) is 18.6.